The highest BCUT2D eigenvalue weighted by atomic mass is 79.9. The number of hydrogen-bond acceptors (Lipinski definition) is 3. The lowest BCUT2D eigenvalue weighted by Gasteiger charge is -2.09. The molecule has 0 aliphatic heterocycles. The molecule has 0 amide bonds. The van der Waals surface area contributed by atoms with E-state index in [2.05, 4.69) is 25.9 Å². The summed E-state index contributed by atoms with van der Waals surface area (Å²) in [5.74, 6) is 1.54. The smallest absolute Gasteiger partial charge is 0.157 e. The maximum absolute atomic E-state index is 6.32. The van der Waals surface area contributed by atoms with Gasteiger partial charge in [-0.25, -0.2) is 9.97 Å². The van der Waals surface area contributed by atoms with Crippen molar-refractivity contribution in [3.63, 3.8) is 0 Å². The third-order valence-corrected chi connectivity index (χ3v) is 3.71. The van der Waals surface area contributed by atoms with Crippen molar-refractivity contribution in [2.24, 2.45) is 5.73 Å². The van der Waals surface area contributed by atoms with Crippen LogP contribution >= 0.6 is 27.5 Å². The Morgan fingerprint density at radius 2 is 2.10 bits per heavy atom. The Balaban J connectivity index is 2.30. The van der Waals surface area contributed by atoms with Gasteiger partial charge < -0.3 is 5.73 Å². The maximum Gasteiger partial charge on any atom is 0.157 e. The normalized spacial score (nSPS) is 11.2. The van der Waals surface area contributed by atoms with Crippen LogP contribution in [0.5, 0.6) is 0 Å². The van der Waals surface area contributed by atoms with Gasteiger partial charge in [-0.15, -0.1) is 0 Å². The molecule has 0 atom stereocenters. The number of halogens is 2. The van der Waals surface area contributed by atoms with Crippen LogP contribution in [0.2, 0.25) is 5.02 Å². The van der Waals surface area contributed by atoms with Gasteiger partial charge in [-0.05, 0) is 40.7 Å². The molecule has 0 saturated carbocycles. The van der Waals surface area contributed by atoms with Crippen LogP contribution in [-0.2, 0) is 6.42 Å². The fourth-order valence-electron chi connectivity index (χ4n) is 2.18. The monoisotopic (exact) mass is 350 g/mol. The van der Waals surface area contributed by atoms with Crippen LogP contribution in [-0.4, -0.2) is 21.1 Å². The topological polar surface area (TPSA) is 56.7 Å². The lowest BCUT2D eigenvalue weighted by molar-refractivity contribution is 0.835. The van der Waals surface area contributed by atoms with Crippen molar-refractivity contribution in [3.05, 3.63) is 51.8 Å². The van der Waals surface area contributed by atoms with Gasteiger partial charge in [0.25, 0.3) is 0 Å². The lowest BCUT2D eigenvalue weighted by Crippen LogP contribution is -2.10. The Bertz CT molecular complexity index is 769. The molecule has 1 aromatic carbocycles. The SMILES string of the molecule is NCCc1nc2ccccc2n1-c1ncc(Br)cc1Cl. The molecule has 3 aromatic rings. The van der Waals surface area contributed by atoms with Crippen molar-refractivity contribution in [2.45, 2.75) is 6.42 Å². The lowest BCUT2D eigenvalue weighted by atomic mass is 10.3. The molecule has 2 N–H and O–H groups in total. The van der Waals surface area contributed by atoms with Crippen molar-refractivity contribution < 1.29 is 0 Å². The van der Waals surface area contributed by atoms with E-state index < -0.39 is 0 Å². The molecule has 2 heterocycles. The highest BCUT2D eigenvalue weighted by Crippen LogP contribution is 2.27. The quantitative estimate of drug-likeness (QED) is 0.787. The van der Waals surface area contributed by atoms with Crippen LogP contribution in [0.1, 0.15) is 5.82 Å². The highest BCUT2D eigenvalue weighted by Gasteiger charge is 2.15. The highest BCUT2D eigenvalue weighted by molar-refractivity contribution is 9.10. The molecule has 4 nitrogen and oxygen atoms in total. The molecule has 6 heteroatoms. The number of benzene rings is 1. The molecule has 20 heavy (non-hydrogen) atoms. The first-order valence-corrected chi connectivity index (χ1v) is 7.35. The molecule has 2 aromatic heterocycles. The molecule has 0 unspecified atom stereocenters. The molecule has 0 saturated heterocycles. The van der Waals surface area contributed by atoms with Crippen molar-refractivity contribution in [3.8, 4) is 5.82 Å². The Labute approximate surface area is 129 Å². The van der Waals surface area contributed by atoms with Crippen molar-refractivity contribution in [1.29, 1.82) is 0 Å². The number of aromatic nitrogens is 3. The van der Waals surface area contributed by atoms with E-state index >= 15 is 0 Å². The summed E-state index contributed by atoms with van der Waals surface area (Å²) in [6, 6.07) is 9.73. The number of nitrogens with zero attached hydrogens (tertiary/aromatic N) is 3. The van der Waals surface area contributed by atoms with Gasteiger partial charge in [-0.1, -0.05) is 23.7 Å². The van der Waals surface area contributed by atoms with Gasteiger partial charge in [0.2, 0.25) is 0 Å². The Hall–Kier alpha value is -1.43. The number of rotatable bonds is 3. The third kappa shape index (κ3) is 2.32. The predicted molar refractivity (Wildman–Crippen MR) is 84.3 cm³/mol. The average Bonchev–Trinajstić information content (AvgIpc) is 2.78. The molecular weight excluding hydrogens is 340 g/mol. The largest absolute Gasteiger partial charge is 0.330 e. The summed E-state index contributed by atoms with van der Waals surface area (Å²) >= 11 is 9.69. The number of imidazole rings is 1. The van der Waals surface area contributed by atoms with E-state index in [1.807, 2.05) is 34.9 Å². The van der Waals surface area contributed by atoms with E-state index in [4.69, 9.17) is 17.3 Å². The summed E-state index contributed by atoms with van der Waals surface area (Å²) in [6.45, 7) is 0.525. The number of pyridine rings is 1. The summed E-state index contributed by atoms with van der Waals surface area (Å²) in [5, 5.41) is 0.570. The second-order valence-electron chi connectivity index (χ2n) is 4.35. The Morgan fingerprint density at radius 3 is 2.85 bits per heavy atom. The second-order valence-corrected chi connectivity index (χ2v) is 5.67. The van der Waals surface area contributed by atoms with Gasteiger partial charge in [-0.2, -0.15) is 0 Å². The summed E-state index contributed by atoms with van der Waals surface area (Å²) in [7, 11) is 0. The van der Waals surface area contributed by atoms with Crippen LogP contribution < -0.4 is 5.73 Å². The molecule has 0 fully saturated rings. The van der Waals surface area contributed by atoms with Crippen molar-refractivity contribution in [1.82, 2.24) is 14.5 Å². The zero-order valence-corrected chi connectivity index (χ0v) is 12.9. The fourth-order valence-corrected chi connectivity index (χ4v) is 2.89. The molecule has 0 radical (unpaired) electrons. The minimum absolute atomic E-state index is 0.525. The molecular formula is C14H12BrClN4. The summed E-state index contributed by atoms with van der Waals surface area (Å²) in [4.78, 5) is 9.03. The summed E-state index contributed by atoms with van der Waals surface area (Å²) < 4.78 is 2.81. The first-order valence-electron chi connectivity index (χ1n) is 6.18. The molecule has 0 aliphatic carbocycles. The predicted octanol–water partition coefficient (Wildman–Crippen LogP) is 3.34. The van der Waals surface area contributed by atoms with Gasteiger partial charge in [0, 0.05) is 17.1 Å². The van der Waals surface area contributed by atoms with Crippen molar-refractivity contribution in [2.75, 3.05) is 6.54 Å². The van der Waals surface area contributed by atoms with E-state index in [-0.39, 0.29) is 0 Å². The number of para-hydroxylation sites is 2. The average molecular weight is 352 g/mol. The molecule has 0 bridgehead atoms. The van der Waals surface area contributed by atoms with E-state index in [1.54, 1.807) is 6.20 Å². The van der Waals surface area contributed by atoms with E-state index in [9.17, 15) is 0 Å². The Morgan fingerprint density at radius 1 is 1.30 bits per heavy atom. The molecule has 0 aliphatic rings. The number of fused-ring (bicyclic) bond motifs is 1. The van der Waals surface area contributed by atoms with E-state index in [0.717, 1.165) is 21.3 Å². The van der Waals surface area contributed by atoms with Gasteiger partial charge in [-0.3, -0.25) is 4.57 Å². The van der Waals surface area contributed by atoms with Crippen LogP contribution in [0.4, 0.5) is 0 Å². The third-order valence-electron chi connectivity index (χ3n) is 3.00. The van der Waals surface area contributed by atoms with Crippen LogP contribution in [0.25, 0.3) is 16.9 Å². The number of nitrogens with two attached hydrogens (primary N) is 1. The second kappa shape index (κ2) is 5.52. The standard InChI is InChI=1S/C14H12BrClN4/c15-9-7-10(16)14(18-8-9)20-12-4-2-1-3-11(12)19-13(20)5-6-17/h1-4,7-8H,5-6,17H2. The van der Waals surface area contributed by atoms with E-state index in [0.29, 0.717) is 23.8 Å². The van der Waals surface area contributed by atoms with E-state index in [1.165, 1.54) is 0 Å². The first-order chi connectivity index (χ1) is 9.70. The Kier molecular flexibility index (Phi) is 3.74. The van der Waals surface area contributed by atoms with Crippen LogP contribution in [0, 0.1) is 0 Å². The number of hydrogen-bond donors (Lipinski definition) is 1. The summed E-state index contributed by atoms with van der Waals surface area (Å²) in [6.07, 6.45) is 2.39. The first kappa shape index (κ1) is 13.5. The maximum atomic E-state index is 6.32. The molecule has 102 valence electrons. The van der Waals surface area contributed by atoms with Gasteiger partial charge in [0.1, 0.15) is 5.82 Å². The summed E-state index contributed by atoms with van der Waals surface area (Å²) in [5.41, 5.74) is 7.57. The minimum Gasteiger partial charge on any atom is -0.330 e. The van der Waals surface area contributed by atoms with Crippen LogP contribution in [0.3, 0.4) is 0 Å². The minimum atomic E-state index is 0.525. The molecule has 0 spiro atoms. The van der Waals surface area contributed by atoms with Gasteiger partial charge >= 0.3 is 0 Å². The zero-order valence-electron chi connectivity index (χ0n) is 10.6. The fraction of sp³-hybridized carbons (Fsp3) is 0.143. The van der Waals surface area contributed by atoms with Gasteiger partial charge in [0.15, 0.2) is 5.82 Å². The van der Waals surface area contributed by atoms with Crippen LogP contribution in [0.15, 0.2) is 41.0 Å². The zero-order chi connectivity index (χ0) is 14.1. The molecule has 3 rings (SSSR count). The van der Waals surface area contributed by atoms with Gasteiger partial charge in [0.05, 0.1) is 16.1 Å². The van der Waals surface area contributed by atoms with Crippen molar-refractivity contribution >= 4 is 38.6 Å².